The third-order valence-electron chi connectivity index (χ3n) is 4.96. The number of hydrogen-bond acceptors (Lipinski definition) is 4. The molecule has 3 rings (SSSR count). The number of rotatable bonds is 3. The van der Waals surface area contributed by atoms with Crippen LogP contribution in [-0.4, -0.2) is 74.5 Å². The highest BCUT2D eigenvalue weighted by molar-refractivity contribution is 7.91. The second kappa shape index (κ2) is 7.41. The molecule has 1 unspecified atom stereocenters. The second-order valence-corrected chi connectivity index (χ2v) is 9.24. The zero-order valence-corrected chi connectivity index (χ0v) is 16.0. The molecular formula is C17H24ClN3O3S. The summed E-state index contributed by atoms with van der Waals surface area (Å²) in [6.45, 7) is 5.18. The van der Waals surface area contributed by atoms with Gasteiger partial charge in [0.05, 0.1) is 11.5 Å². The summed E-state index contributed by atoms with van der Waals surface area (Å²) in [4.78, 5) is 18.6. The Kier molecular flexibility index (Phi) is 5.43. The number of nitrogens with zero attached hydrogens (tertiary/aromatic N) is 3. The first-order valence-electron chi connectivity index (χ1n) is 8.66. The number of halogens is 1. The summed E-state index contributed by atoms with van der Waals surface area (Å²) < 4.78 is 23.4. The van der Waals surface area contributed by atoms with Crippen LogP contribution in [0.15, 0.2) is 24.3 Å². The van der Waals surface area contributed by atoms with E-state index in [-0.39, 0.29) is 23.6 Å². The number of urea groups is 1. The van der Waals surface area contributed by atoms with Gasteiger partial charge in [-0.3, -0.25) is 0 Å². The third kappa shape index (κ3) is 4.20. The maximum absolute atomic E-state index is 12.8. The lowest BCUT2D eigenvalue weighted by Gasteiger charge is -2.39. The van der Waals surface area contributed by atoms with Gasteiger partial charge in [-0.2, -0.15) is 0 Å². The number of benzene rings is 1. The molecular weight excluding hydrogens is 362 g/mol. The molecule has 138 valence electrons. The van der Waals surface area contributed by atoms with E-state index in [1.807, 2.05) is 36.1 Å². The number of carbonyl (C=O) groups is 1. The average molecular weight is 386 g/mol. The number of piperazine rings is 1. The van der Waals surface area contributed by atoms with Crippen LogP contribution in [-0.2, 0) is 9.84 Å². The van der Waals surface area contributed by atoms with E-state index in [2.05, 4.69) is 4.90 Å². The fourth-order valence-corrected chi connectivity index (χ4v) is 5.50. The molecule has 6 nitrogen and oxygen atoms in total. The minimum absolute atomic E-state index is 0.0460. The Labute approximate surface area is 154 Å². The van der Waals surface area contributed by atoms with Gasteiger partial charge in [-0.15, -0.1) is 0 Å². The van der Waals surface area contributed by atoms with E-state index in [4.69, 9.17) is 11.6 Å². The maximum Gasteiger partial charge on any atom is 0.320 e. The normalized spacial score (nSPS) is 22.9. The van der Waals surface area contributed by atoms with Gasteiger partial charge in [0.15, 0.2) is 9.84 Å². The van der Waals surface area contributed by atoms with Crippen molar-refractivity contribution in [2.45, 2.75) is 19.4 Å². The van der Waals surface area contributed by atoms with Gasteiger partial charge in [0.1, 0.15) is 0 Å². The molecule has 1 aromatic carbocycles. The lowest BCUT2D eigenvalue weighted by molar-refractivity contribution is 0.138. The summed E-state index contributed by atoms with van der Waals surface area (Å²) in [6.07, 6.45) is 0.546. The van der Waals surface area contributed by atoms with Crippen molar-refractivity contribution in [3.8, 4) is 0 Å². The van der Waals surface area contributed by atoms with Crippen LogP contribution in [0, 0.1) is 0 Å². The third-order valence-corrected chi connectivity index (χ3v) is 6.94. The molecule has 0 aliphatic carbocycles. The van der Waals surface area contributed by atoms with Gasteiger partial charge in [-0.1, -0.05) is 17.7 Å². The van der Waals surface area contributed by atoms with E-state index in [9.17, 15) is 13.2 Å². The smallest absolute Gasteiger partial charge is 0.320 e. The van der Waals surface area contributed by atoms with Crippen LogP contribution >= 0.6 is 11.6 Å². The quantitative estimate of drug-likeness (QED) is 0.799. The van der Waals surface area contributed by atoms with Gasteiger partial charge in [-0.25, -0.2) is 13.2 Å². The Balaban J connectivity index is 1.61. The van der Waals surface area contributed by atoms with Crippen LogP contribution in [0.1, 0.15) is 13.3 Å². The van der Waals surface area contributed by atoms with Crippen molar-refractivity contribution in [3.05, 3.63) is 29.3 Å². The number of amides is 2. The van der Waals surface area contributed by atoms with Crippen LogP contribution in [0.5, 0.6) is 0 Å². The minimum atomic E-state index is -3.00. The molecule has 1 aromatic rings. The molecule has 0 saturated carbocycles. The van der Waals surface area contributed by atoms with Crippen LogP contribution in [0.4, 0.5) is 10.5 Å². The molecule has 0 N–H and O–H groups in total. The van der Waals surface area contributed by atoms with E-state index in [0.29, 0.717) is 31.1 Å². The maximum atomic E-state index is 12.8. The fraction of sp³-hybridized carbons (Fsp3) is 0.588. The van der Waals surface area contributed by atoms with E-state index in [0.717, 1.165) is 18.8 Å². The monoisotopic (exact) mass is 385 g/mol. The number of anilines is 1. The first kappa shape index (κ1) is 18.3. The Bertz CT molecular complexity index is 732. The highest BCUT2D eigenvalue weighted by Crippen LogP contribution is 2.23. The summed E-state index contributed by atoms with van der Waals surface area (Å²) in [5, 5.41) is 0.704. The molecule has 0 bridgehead atoms. The first-order valence-corrected chi connectivity index (χ1v) is 10.9. The second-order valence-electron chi connectivity index (χ2n) is 6.58. The number of hydrogen-bond donors (Lipinski definition) is 0. The molecule has 0 radical (unpaired) electrons. The zero-order chi connectivity index (χ0) is 18.0. The molecule has 2 fully saturated rings. The predicted molar refractivity (Wildman–Crippen MR) is 100 cm³/mol. The topological polar surface area (TPSA) is 60.9 Å². The molecule has 0 spiro atoms. The molecule has 2 aliphatic rings. The van der Waals surface area contributed by atoms with Gasteiger partial charge in [0, 0.05) is 49.5 Å². The molecule has 25 heavy (non-hydrogen) atoms. The molecule has 2 saturated heterocycles. The lowest BCUT2D eigenvalue weighted by Crippen LogP contribution is -2.55. The average Bonchev–Trinajstić information content (AvgIpc) is 2.95. The Hall–Kier alpha value is -1.47. The highest BCUT2D eigenvalue weighted by atomic mass is 35.5. The van der Waals surface area contributed by atoms with Gasteiger partial charge in [-0.05, 0) is 31.5 Å². The molecule has 8 heteroatoms. The van der Waals surface area contributed by atoms with E-state index in [1.165, 1.54) is 0 Å². The van der Waals surface area contributed by atoms with Crippen LogP contribution < -0.4 is 4.90 Å². The molecule has 1 atom stereocenters. The predicted octanol–water partition coefficient (Wildman–Crippen LogP) is 2.09. The van der Waals surface area contributed by atoms with Crippen LogP contribution in [0.25, 0.3) is 0 Å². The SMILES string of the molecule is CCN(C(=O)N1CCN(c2cccc(Cl)c2)CC1)C1CCS(=O)(=O)C1. The van der Waals surface area contributed by atoms with Crippen molar-refractivity contribution in [1.82, 2.24) is 9.80 Å². The minimum Gasteiger partial charge on any atom is -0.368 e. The van der Waals surface area contributed by atoms with Gasteiger partial charge < -0.3 is 14.7 Å². The summed E-state index contributed by atoms with van der Waals surface area (Å²) >= 11 is 6.05. The first-order chi connectivity index (χ1) is 11.9. The van der Waals surface area contributed by atoms with Crippen molar-refractivity contribution in [1.29, 1.82) is 0 Å². The zero-order valence-electron chi connectivity index (χ0n) is 14.4. The largest absolute Gasteiger partial charge is 0.368 e. The Morgan fingerprint density at radius 3 is 2.56 bits per heavy atom. The van der Waals surface area contributed by atoms with Crippen LogP contribution in [0.3, 0.4) is 0 Å². The van der Waals surface area contributed by atoms with Crippen molar-refractivity contribution < 1.29 is 13.2 Å². The number of carbonyl (C=O) groups excluding carboxylic acids is 1. The van der Waals surface area contributed by atoms with E-state index in [1.54, 1.807) is 4.90 Å². The van der Waals surface area contributed by atoms with Crippen molar-refractivity contribution in [3.63, 3.8) is 0 Å². The summed E-state index contributed by atoms with van der Waals surface area (Å²) in [7, 11) is -3.00. The Morgan fingerprint density at radius 2 is 2.00 bits per heavy atom. The highest BCUT2D eigenvalue weighted by Gasteiger charge is 2.36. The summed E-state index contributed by atoms with van der Waals surface area (Å²) in [6, 6.07) is 7.49. The number of sulfone groups is 1. The van der Waals surface area contributed by atoms with Crippen molar-refractivity contribution >= 4 is 33.2 Å². The van der Waals surface area contributed by atoms with Gasteiger partial charge in [0.25, 0.3) is 0 Å². The molecule has 0 aromatic heterocycles. The molecule has 2 amide bonds. The summed E-state index contributed by atoms with van der Waals surface area (Å²) in [5.74, 6) is 0.277. The van der Waals surface area contributed by atoms with Gasteiger partial charge in [0.2, 0.25) is 0 Å². The summed E-state index contributed by atoms with van der Waals surface area (Å²) in [5.41, 5.74) is 1.06. The fourth-order valence-electron chi connectivity index (χ4n) is 3.58. The van der Waals surface area contributed by atoms with Gasteiger partial charge >= 0.3 is 6.03 Å². The molecule has 2 aliphatic heterocycles. The lowest BCUT2D eigenvalue weighted by atomic mass is 10.2. The molecule has 2 heterocycles. The van der Waals surface area contributed by atoms with Crippen molar-refractivity contribution in [2.24, 2.45) is 0 Å². The standard InChI is InChI=1S/C17H24ClN3O3S/c1-2-21(16-6-11-25(23,24)13-16)17(22)20-9-7-19(8-10-20)15-5-3-4-14(18)12-15/h3-5,12,16H,2,6-11,13H2,1H3. The van der Waals surface area contributed by atoms with E-state index >= 15 is 0 Å². The van der Waals surface area contributed by atoms with E-state index < -0.39 is 9.84 Å². The van der Waals surface area contributed by atoms with Crippen LogP contribution in [0.2, 0.25) is 5.02 Å². The van der Waals surface area contributed by atoms with Crippen molar-refractivity contribution in [2.75, 3.05) is 49.1 Å². The Morgan fingerprint density at radius 1 is 1.28 bits per heavy atom.